The Bertz CT molecular complexity index is 756. The number of benzene rings is 1. The van der Waals surface area contributed by atoms with Gasteiger partial charge in [0.1, 0.15) is 18.3 Å². The van der Waals surface area contributed by atoms with E-state index >= 15 is 0 Å². The van der Waals surface area contributed by atoms with E-state index in [9.17, 15) is 13.2 Å². The van der Waals surface area contributed by atoms with Gasteiger partial charge in [0.15, 0.2) is 11.4 Å². The van der Waals surface area contributed by atoms with E-state index in [1.54, 1.807) is 6.26 Å². The first-order valence-corrected chi connectivity index (χ1v) is 10.1. The zero-order chi connectivity index (χ0) is 20.0. The van der Waals surface area contributed by atoms with Gasteiger partial charge in [0.05, 0.1) is 0 Å². The fraction of sp³-hybridized carbons (Fsp3) is 0.474. The molecule has 0 saturated carbocycles. The standard InChI is InChI=1S/C19H21F3N2O3S/c1-28-18-23-11-14(19(20,21)22)17(24-18)26-12-15(13-7-3-2-4-8-13)27-16-9-5-6-10-25-16/h2-4,7-8,11,15-16H,5-6,9-10,12H2,1H3/t15-,16?/m1/s1. The summed E-state index contributed by atoms with van der Waals surface area (Å²) in [4.78, 5) is 7.60. The molecule has 0 amide bonds. The lowest BCUT2D eigenvalue weighted by atomic mass is 10.1. The Kier molecular flexibility index (Phi) is 7.14. The van der Waals surface area contributed by atoms with E-state index in [1.807, 2.05) is 30.3 Å². The molecule has 0 spiro atoms. The predicted octanol–water partition coefficient (Wildman–Crippen LogP) is 4.88. The van der Waals surface area contributed by atoms with Gasteiger partial charge in [-0.1, -0.05) is 42.1 Å². The van der Waals surface area contributed by atoms with Crippen LogP contribution >= 0.6 is 11.8 Å². The van der Waals surface area contributed by atoms with Crippen molar-refractivity contribution in [2.45, 2.75) is 43.0 Å². The normalized spacial score (nSPS) is 18.6. The lowest BCUT2D eigenvalue weighted by Gasteiger charge is -2.28. The number of hydrogen-bond acceptors (Lipinski definition) is 6. The average molecular weight is 414 g/mol. The van der Waals surface area contributed by atoms with Gasteiger partial charge in [-0.2, -0.15) is 18.2 Å². The van der Waals surface area contributed by atoms with Gasteiger partial charge in [0.25, 0.3) is 0 Å². The summed E-state index contributed by atoms with van der Waals surface area (Å²) in [5, 5.41) is 0.204. The largest absolute Gasteiger partial charge is 0.474 e. The Morgan fingerprint density at radius 3 is 2.68 bits per heavy atom. The van der Waals surface area contributed by atoms with Gasteiger partial charge in [-0.15, -0.1) is 0 Å². The summed E-state index contributed by atoms with van der Waals surface area (Å²) in [5.41, 5.74) is -0.213. The van der Waals surface area contributed by atoms with Crippen LogP contribution in [-0.2, 0) is 15.7 Å². The van der Waals surface area contributed by atoms with E-state index in [0.29, 0.717) is 6.61 Å². The molecule has 1 aliphatic rings. The van der Waals surface area contributed by atoms with Crippen molar-refractivity contribution in [1.29, 1.82) is 0 Å². The van der Waals surface area contributed by atoms with E-state index in [-0.39, 0.29) is 11.8 Å². The Morgan fingerprint density at radius 2 is 2.04 bits per heavy atom. The maximum Gasteiger partial charge on any atom is 0.423 e. The highest BCUT2D eigenvalue weighted by Crippen LogP contribution is 2.36. The van der Waals surface area contributed by atoms with Crippen LogP contribution in [0, 0.1) is 0 Å². The predicted molar refractivity (Wildman–Crippen MR) is 98.2 cm³/mol. The molecule has 3 rings (SSSR count). The first-order chi connectivity index (χ1) is 13.5. The van der Waals surface area contributed by atoms with Gasteiger partial charge in [0, 0.05) is 12.8 Å². The molecule has 0 N–H and O–H groups in total. The lowest BCUT2D eigenvalue weighted by Crippen LogP contribution is -2.27. The van der Waals surface area contributed by atoms with Crippen LogP contribution in [0.5, 0.6) is 5.88 Å². The first-order valence-electron chi connectivity index (χ1n) is 8.90. The number of aromatic nitrogens is 2. The molecular weight excluding hydrogens is 393 g/mol. The molecule has 1 saturated heterocycles. The number of rotatable bonds is 7. The highest BCUT2D eigenvalue weighted by molar-refractivity contribution is 7.98. The van der Waals surface area contributed by atoms with E-state index in [0.717, 1.165) is 42.8 Å². The van der Waals surface area contributed by atoms with Crippen LogP contribution in [0.1, 0.15) is 36.5 Å². The number of alkyl halides is 3. The minimum absolute atomic E-state index is 0.127. The van der Waals surface area contributed by atoms with Crippen LogP contribution in [0.2, 0.25) is 0 Å². The van der Waals surface area contributed by atoms with Gasteiger partial charge >= 0.3 is 6.18 Å². The fourth-order valence-corrected chi connectivity index (χ4v) is 3.12. The molecule has 0 aliphatic carbocycles. The summed E-state index contributed by atoms with van der Waals surface area (Å²) in [5.74, 6) is -0.499. The fourth-order valence-electron chi connectivity index (χ4n) is 2.79. The minimum Gasteiger partial charge on any atom is -0.474 e. The topological polar surface area (TPSA) is 53.5 Å². The second-order valence-electron chi connectivity index (χ2n) is 6.22. The molecule has 0 bridgehead atoms. The van der Waals surface area contributed by atoms with Gasteiger partial charge < -0.3 is 14.2 Å². The van der Waals surface area contributed by atoms with E-state index in [1.165, 1.54) is 0 Å². The minimum atomic E-state index is -4.61. The summed E-state index contributed by atoms with van der Waals surface area (Å²) in [6, 6.07) is 9.22. The molecule has 28 heavy (non-hydrogen) atoms. The van der Waals surface area contributed by atoms with Gasteiger partial charge in [-0.3, -0.25) is 0 Å². The lowest BCUT2D eigenvalue weighted by molar-refractivity contribution is -0.195. The van der Waals surface area contributed by atoms with Crippen LogP contribution < -0.4 is 4.74 Å². The molecule has 9 heteroatoms. The maximum atomic E-state index is 13.3. The Hall–Kier alpha value is -1.84. The Balaban J connectivity index is 1.79. The molecule has 1 aliphatic heterocycles. The molecular formula is C19H21F3N2O3S. The highest BCUT2D eigenvalue weighted by atomic mass is 32.2. The van der Waals surface area contributed by atoms with Crippen molar-refractivity contribution < 1.29 is 27.4 Å². The second-order valence-corrected chi connectivity index (χ2v) is 6.99. The van der Waals surface area contributed by atoms with Gasteiger partial charge in [-0.05, 0) is 31.1 Å². The number of ether oxygens (including phenoxy) is 3. The third-order valence-electron chi connectivity index (χ3n) is 4.22. The highest BCUT2D eigenvalue weighted by Gasteiger charge is 2.36. The summed E-state index contributed by atoms with van der Waals surface area (Å²) in [6.07, 6.45) is -0.480. The molecule has 152 valence electrons. The average Bonchev–Trinajstić information content (AvgIpc) is 2.71. The molecule has 5 nitrogen and oxygen atoms in total. The van der Waals surface area contributed by atoms with Crippen molar-refractivity contribution in [3.8, 4) is 5.88 Å². The summed E-state index contributed by atoms with van der Waals surface area (Å²) >= 11 is 1.14. The number of halogens is 3. The molecule has 2 atom stereocenters. The van der Waals surface area contributed by atoms with Crippen molar-refractivity contribution in [3.05, 3.63) is 47.7 Å². The summed E-state index contributed by atoms with van der Waals surface area (Å²) in [6.45, 7) is 0.478. The number of thioether (sulfide) groups is 1. The van der Waals surface area contributed by atoms with Gasteiger partial charge in [0.2, 0.25) is 5.88 Å². The molecule has 1 unspecified atom stereocenters. The summed E-state index contributed by atoms with van der Waals surface area (Å²) < 4.78 is 57.0. The Labute approximate surface area is 165 Å². The SMILES string of the molecule is CSc1ncc(C(F)(F)F)c(OC[C@@H](OC2CCCCO2)c2ccccc2)n1. The third-order valence-corrected chi connectivity index (χ3v) is 4.78. The van der Waals surface area contributed by atoms with E-state index in [2.05, 4.69) is 9.97 Å². The molecule has 1 fully saturated rings. The van der Waals surface area contributed by atoms with E-state index in [4.69, 9.17) is 14.2 Å². The third kappa shape index (κ3) is 5.59. The zero-order valence-corrected chi connectivity index (χ0v) is 16.1. The van der Waals surface area contributed by atoms with Crippen molar-refractivity contribution >= 4 is 11.8 Å². The number of hydrogen-bond donors (Lipinski definition) is 0. The molecule has 2 aromatic rings. The quantitative estimate of drug-likeness (QED) is 0.475. The van der Waals surface area contributed by atoms with Crippen LogP contribution in [0.25, 0.3) is 0 Å². The van der Waals surface area contributed by atoms with E-state index < -0.39 is 30.0 Å². The second kappa shape index (κ2) is 9.58. The van der Waals surface area contributed by atoms with Crippen LogP contribution in [0.4, 0.5) is 13.2 Å². The van der Waals surface area contributed by atoms with Crippen LogP contribution in [-0.4, -0.2) is 35.7 Å². The van der Waals surface area contributed by atoms with Crippen molar-refractivity contribution in [3.63, 3.8) is 0 Å². The smallest absolute Gasteiger partial charge is 0.423 e. The summed E-state index contributed by atoms with van der Waals surface area (Å²) in [7, 11) is 0. The molecule has 1 aromatic heterocycles. The maximum absolute atomic E-state index is 13.3. The monoisotopic (exact) mass is 414 g/mol. The zero-order valence-electron chi connectivity index (χ0n) is 15.3. The van der Waals surface area contributed by atoms with Gasteiger partial charge in [-0.25, -0.2) is 4.98 Å². The molecule has 2 heterocycles. The Morgan fingerprint density at radius 1 is 1.25 bits per heavy atom. The van der Waals surface area contributed by atoms with Crippen molar-refractivity contribution in [2.75, 3.05) is 19.5 Å². The van der Waals surface area contributed by atoms with Crippen molar-refractivity contribution in [2.24, 2.45) is 0 Å². The molecule has 0 radical (unpaired) electrons. The number of nitrogens with zero attached hydrogens (tertiary/aromatic N) is 2. The van der Waals surface area contributed by atoms with Crippen molar-refractivity contribution in [1.82, 2.24) is 9.97 Å². The van der Waals surface area contributed by atoms with Crippen LogP contribution in [0.3, 0.4) is 0 Å². The first kappa shape index (κ1) is 20.9. The van der Waals surface area contributed by atoms with Crippen LogP contribution in [0.15, 0.2) is 41.7 Å². The molecule has 1 aromatic carbocycles.